The fraction of sp³-hybridized carbons (Fsp3) is 0.235. The minimum atomic E-state index is -4.74. The molecular formula is C17H16F3NO3. The molecule has 1 amide bonds. The van der Waals surface area contributed by atoms with Crippen LogP contribution < -0.4 is 14.8 Å². The lowest BCUT2D eigenvalue weighted by atomic mass is 10.1. The third-order valence-electron chi connectivity index (χ3n) is 3.16. The van der Waals surface area contributed by atoms with Crippen LogP contribution in [-0.2, 0) is 11.2 Å². The van der Waals surface area contributed by atoms with Crippen molar-refractivity contribution in [1.82, 2.24) is 0 Å². The summed E-state index contributed by atoms with van der Waals surface area (Å²) in [5.74, 6) is -0.0473. The van der Waals surface area contributed by atoms with Crippen LogP contribution in [0.15, 0.2) is 42.5 Å². The van der Waals surface area contributed by atoms with Gasteiger partial charge < -0.3 is 14.8 Å². The first-order valence-electron chi connectivity index (χ1n) is 7.06. The van der Waals surface area contributed by atoms with E-state index in [0.29, 0.717) is 11.4 Å². The van der Waals surface area contributed by atoms with E-state index >= 15 is 0 Å². The number of nitrogens with one attached hydrogen (secondary N) is 1. The number of anilines is 1. The molecule has 0 fully saturated rings. The topological polar surface area (TPSA) is 47.6 Å². The molecule has 128 valence electrons. The first kappa shape index (κ1) is 17.7. The number of rotatable bonds is 5. The molecule has 24 heavy (non-hydrogen) atoms. The number of benzene rings is 2. The molecule has 4 nitrogen and oxygen atoms in total. The molecule has 2 aromatic rings. The number of ether oxygens (including phenoxy) is 2. The van der Waals surface area contributed by atoms with Crippen molar-refractivity contribution in [1.29, 1.82) is 0 Å². The molecule has 0 spiro atoms. The zero-order chi connectivity index (χ0) is 17.7. The first-order valence-corrected chi connectivity index (χ1v) is 7.06. The smallest absolute Gasteiger partial charge is 0.496 e. The van der Waals surface area contributed by atoms with Crippen molar-refractivity contribution in [2.45, 2.75) is 19.7 Å². The lowest BCUT2D eigenvalue weighted by molar-refractivity contribution is -0.274. The lowest BCUT2D eigenvalue weighted by Gasteiger charge is -2.11. The SMILES string of the molecule is COc1ccc(C)cc1CC(=O)Nc1ccc(OC(F)(F)F)cc1. The molecule has 0 aliphatic carbocycles. The molecule has 0 aromatic heterocycles. The standard InChI is InChI=1S/C17H16F3NO3/c1-11-3-8-15(23-2)12(9-11)10-16(22)21-13-4-6-14(7-5-13)24-17(18,19)20/h3-9H,10H2,1-2H3,(H,21,22). The van der Waals surface area contributed by atoms with Gasteiger partial charge in [-0.15, -0.1) is 13.2 Å². The van der Waals surface area contributed by atoms with E-state index in [1.807, 2.05) is 19.1 Å². The molecule has 0 heterocycles. The van der Waals surface area contributed by atoms with Crippen LogP contribution in [0, 0.1) is 6.92 Å². The Kier molecular flexibility index (Phi) is 5.33. The van der Waals surface area contributed by atoms with Gasteiger partial charge in [0.15, 0.2) is 0 Å². The van der Waals surface area contributed by atoms with Gasteiger partial charge >= 0.3 is 6.36 Å². The van der Waals surface area contributed by atoms with Gasteiger partial charge in [0.25, 0.3) is 0 Å². The highest BCUT2D eigenvalue weighted by Crippen LogP contribution is 2.24. The van der Waals surface area contributed by atoms with E-state index in [9.17, 15) is 18.0 Å². The summed E-state index contributed by atoms with van der Waals surface area (Å²) in [7, 11) is 1.52. The summed E-state index contributed by atoms with van der Waals surface area (Å²) in [6.45, 7) is 1.90. The molecule has 0 aliphatic heterocycles. The van der Waals surface area contributed by atoms with E-state index in [1.54, 1.807) is 6.07 Å². The number of hydrogen-bond acceptors (Lipinski definition) is 3. The second-order valence-electron chi connectivity index (χ2n) is 5.11. The number of carbonyl (C=O) groups is 1. The van der Waals surface area contributed by atoms with Crippen molar-refractivity contribution in [2.75, 3.05) is 12.4 Å². The Morgan fingerprint density at radius 2 is 1.79 bits per heavy atom. The van der Waals surface area contributed by atoms with Gasteiger partial charge in [-0.2, -0.15) is 0 Å². The van der Waals surface area contributed by atoms with Crippen LogP contribution in [0.3, 0.4) is 0 Å². The summed E-state index contributed by atoms with van der Waals surface area (Å²) in [6.07, 6.45) is -4.65. The Balaban J connectivity index is 2.01. The van der Waals surface area contributed by atoms with E-state index in [-0.39, 0.29) is 18.1 Å². The quantitative estimate of drug-likeness (QED) is 0.893. The summed E-state index contributed by atoms with van der Waals surface area (Å²) in [4.78, 5) is 12.1. The van der Waals surface area contributed by atoms with Crippen LogP contribution in [0.5, 0.6) is 11.5 Å². The van der Waals surface area contributed by atoms with Crippen molar-refractivity contribution in [2.24, 2.45) is 0 Å². The minimum Gasteiger partial charge on any atom is -0.496 e. The average Bonchev–Trinajstić information content (AvgIpc) is 2.48. The molecule has 2 aromatic carbocycles. The highest BCUT2D eigenvalue weighted by Gasteiger charge is 2.30. The zero-order valence-corrected chi connectivity index (χ0v) is 13.1. The average molecular weight is 339 g/mol. The molecule has 2 rings (SSSR count). The molecular weight excluding hydrogens is 323 g/mol. The minimum absolute atomic E-state index is 0.0889. The normalized spacial score (nSPS) is 11.0. The number of aryl methyl sites for hydroxylation is 1. The molecule has 0 aliphatic rings. The van der Waals surface area contributed by atoms with Crippen LogP contribution in [0.25, 0.3) is 0 Å². The van der Waals surface area contributed by atoms with E-state index in [0.717, 1.165) is 23.3 Å². The third kappa shape index (κ3) is 5.19. The summed E-state index contributed by atoms with van der Waals surface area (Å²) in [5, 5.41) is 2.62. The molecule has 0 saturated carbocycles. The Labute approximate surface area is 137 Å². The molecule has 0 saturated heterocycles. The maximum atomic E-state index is 12.1. The highest BCUT2D eigenvalue weighted by molar-refractivity contribution is 5.92. The maximum absolute atomic E-state index is 12.1. The summed E-state index contributed by atoms with van der Waals surface area (Å²) in [5.41, 5.74) is 2.10. The predicted molar refractivity (Wildman–Crippen MR) is 83.2 cm³/mol. The van der Waals surface area contributed by atoms with Gasteiger partial charge in [-0.1, -0.05) is 17.7 Å². The molecule has 0 unspecified atom stereocenters. The Morgan fingerprint density at radius 1 is 1.12 bits per heavy atom. The van der Waals surface area contributed by atoms with Gasteiger partial charge in [0.1, 0.15) is 11.5 Å². The zero-order valence-electron chi connectivity index (χ0n) is 13.1. The van der Waals surface area contributed by atoms with Gasteiger partial charge in [0.05, 0.1) is 13.5 Å². The van der Waals surface area contributed by atoms with Gasteiger partial charge in [0, 0.05) is 11.3 Å². The predicted octanol–water partition coefficient (Wildman–Crippen LogP) is 4.08. The van der Waals surface area contributed by atoms with E-state index in [1.165, 1.54) is 19.2 Å². The largest absolute Gasteiger partial charge is 0.573 e. The Hall–Kier alpha value is -2.70. The summed E-state index contributed by atoms with van der Waals surface area (Å²) in [6, 6.07) is 10.4. The Morgan fingerprint density at radius 3 is 2.38 bits per heavy atom. The van der Waals surface area contributed by atoms with Crippen LogP contribution in [0.4, 0.5) is 18.9 Å². The van der Waals surface area contributed by atoms with E-state index < -0.39 is 6.36 Å². The molecule has 7 heteroatoms. The molecule has 1 N–H and O–H groups in total. The summed E-state index contributed by atoms with van der Waals surface area (Å²) < 4.78 is 45.3. The van der Waals surface area contributed by atoms with E-state index in [2.05, 4.69) is 10.1 Å². The maximum Gasteiger partial charge on any atom is 0.573 e. The third-order valence-corrected chi connectivity index (χ3v) is 3.16. The number of carbonyl (C=O) groups excluding carboxylic acids is 1. The molecule has 0 radical (unpaired) electrons. The monoisotopic (exact) mass is 339 g/mol. The van der Waals surface area contributed by atoms with Crippen LogP contribution >= 0.6 is 0 Å². The van der Waals surface area contributed by atoms with Crippen LogP contribution in [0.2, 0.25) is 0 Å². The Bertz CT molecular complexity index is 712. The van der Waals surface area contributed by atoms with Gasteiger partial charge in [-0.25, -0.2) is 0 Å². The molecule has 0 bridgehead atoms. The van der Waals surface area contributed by atoms with Crippen LogP contribution in [0.1, 0.15) is 11.1 Å². The number of alkyl halides is 3. The second kappa shape index (κ2) is 7.25. The lowest BCUT2D eigenvalue weighted by Crippen LogP contribution is -2.17. The van der Waals surface area contributed by atoms with Crippen molar-refractivity contribution in [3.63, 3.8) is 0 Å². The van der Waals surface area contributed by atoms with Crippen molar-refractivity contribution < 1.29 is 27.4 Å². The molecule has 0 atom stereocenters. The highest BCUT2D eigenvalue weighted by atomic mass is 19.4. The van der Waals surface area contributed by atoms with Gasteiger partial charge in [-0.05, 0) is 37.3 Å². The second-order valence-corrected chi connectivity index (χ2v) is 5.11. The number of amides is 1. The number of halogens is 3. The van der Waals surface area contributed by atoms with Crippen molar-refractivity contribution in [3.8, 4) is 11.5 Å². The van der Waals surface area contributed by atoms with Gasteiger partial charge in [-0.3, -0.25) is 4.79 Å². The first-order chi connectivity index (χ1) is 11.3. The fourth-order valence-electron chi connectivity index (χ4n) is 2.16. The van der Waals surface area contributed by atoms with Crippen molar-refractivity contribution >= 4 is 11.6 Å². The summed E-state index contributed by atoms with van der Waals surface area (Å²) >= 11 is 0. The van der Waals surface area contributed by atoms with Gasteiger partial charge in [0.2, 0.25) is 5.91 Å². The van der Waals surface area contributed by atoms with Crippen molar-refractivity contribution in [3.05, 3.63) is 53.6 Å². The van der Waals surface area contributed by atoms with Crippen LogP contribution in [-0.4, -0.2) is 19.4 Å². The van der Waals surface area contributed by atoms with E-state index in [4.69, 9.17) is 4.74 Å². The number of methoxy groups -OCH3 is 1. The fourth-order valence-corrected chi connectivity index (χ4v) is 2.16. The number of hydrogen-bond donors (Lipinski definition) is 1.